The molecule has 0 heterocycles. The van der Waals surface area contributed by atoms with Crippen LogP contribution in [0.5, 0.6) is 0 Å². The molecule has 2 unspecified atom stereocenters. The molecule has 0 aromatic carbocycles. The molecule has 2 atom stereocenters. The number of hydrogen-bond acceptors (Lipinski definition) is 7. The van der Waals surface area contributed by atoms with E-state index >= 15 is 0 Å². The van der Waals surface area contributed by atoms with Gasteiger partial charge in [-0.2, -0.15) is 0 Å². The van der Waals surface area contributed by atoms with E-state index in [1.54, 1.807) is 0 Å². The summed E-state index contributed by atoms with van der Waals surface area (Å²) in [5.41, 5.74) is 0. The number of quaternary nitrogens is 1. The van der Waals surface area contributed by atoms with E-state index in [0.717, 1.165) is 70.6 Å². The van der Waals surface area contributed by atoms with Gasteiger partial charge in [0.05, 0.1) is 34.4 Å². The maximum atomic E-state index is 12.8. The lowest BCUT2D eigenvalue weighted by Gasteiger charge is -2.25. The summed E-state index contributed by atoms with van der Waals surface area (Å²) >= 11 is 0. The van der Waals surface area contributed by atoms with Crippen molar-refractivity contribution in [2.45, 2.75) is 200 Å². The summed E-state index contributed by atoms with van der Waals surface area (Å²) < 4.78 is 22.7. The van der Waals surface area contributed by atoms with Gasteiger partial charge in [0.25, 0.3) is 6.29 Å². The molecular weight excluding hydrogens is 707 g/mol. The third kappa shape index (κ3) is 39.7. The Morgan fingerprint density at radius 1 is 0.536 bits per heavy atom. The maximum Gasteiger partial charge on any atom is 0.361 e. The largest absolute Gasteiger partial charge is 0.477 e. The van der Waals surface area contributed by atoms with Gasteiger partial charge in [-0.05, 0) is 70.6 Å². The first-order valence-corrected chi connectivity index (χ1v) is 22.7. The maximum absolute atomic E-state index is 12.8. The first-order valence-electron chi connectivity index (χ1n) is 22.7. The molecule has 0 radical (unpaired) electrons. The number of ether oxygens (including phenoxy) is 4. The Morgan fingerprint density at radius 2 is 0.964 bits per heavy atom. The summed E-state index contributed by atoms with van der Waals surface area (Å²) in [6.45, 7) is 4.81. The second kappa shape index (κ2) is 39.3. The van der Waals surface area contributed by atoms with Crippen molar-refractivity contribution in [3.63, 3.8) is 0 Å². The lowest BCUT2D eigenvalue weighted by atomic mass is 10.1. The summed E-state index contributed by atoms with van der Waals surface area (Å²) in [7, 11) is 5.95. The highest BCUT2D eigenvalue weighted by molar-refractivity contribution is 5.71. The van der Waals surface area contributed by atoms with Crippen LogP contribution in [0.1, 0.15) is 187 Å². The van der Waals surface area contributed by atoms with E-state index < -0.39 is 24.3 Å². The zero-order chi connectivity index (χ0) is 41.4. The van der Waals surface area contributed by atoms with Gasteiger partial charge in [0, 0.05) is 12.8 Å². The monoisotopic (exact) mass is 793 g/mol. The molecule has 0 rings (SSSR count). The minimum Gasteiger partial charge on any atom is -0.477 e. The van der Waals surface area contributed by atoms with Crippen LogP contribution in [0.3, 0.4) is 0 Å². The Balaban J connectivity index is 4.45. The topological polar surface area (TPSA) is 108 Å². The summed E-state index contributed by atoms with van der Waals surface area (Å²) in [5.74, 6) is -2.03. The average Bonchev–Trinajstić information content (AvgIpc) is 3.15. The number of likely N-dealkylation sites (N-methyl/N-ethyl adjacent to an activating group) is 1. The third-order valence-corrected chi connectivity index (χ3v) is 9.62. The van der Waals surface area contributed by atoms with Crippen molar-refractivity contribution >= 4 is 17.9 Å². The molecule has 0 spiro atoms. The van der Waals surface area contributed by atoms with Crippen LogP contribution < -0.4 is 0 Å². The van der Waals surface area contributed by atoms with Gasteiger partial charge in [-0.3, -0.25) is 9.59 Å². The molecule has 9 heteroatoms. The summed E-state index contributed by atoms with van der Waals surface area (Å²) in [6, 6.07) is 0. The third-order valence-electron chi connectivity index (χ3n) is 9.62. The van der Waals surface area contributed by atoms with Gasteiger partial charge >= 0.3 is 17.9 Å². The van der Waals surface area contributed by atoms with Crippen molar-refractivity contribution in [3.05, 3.63) is 36.5 Å². The second-order valence-electron chi connectivity index (χ2n) is 16.4. The highest BCUT2D eigenvalue weighted by Gasteiger charge is 2.25. The molecule has 0 fully saturated rings. The molecule has 0 amide bonds. The lowest BCUT2D eigenvalue weighted by molar-refractivity contribution is -0.870. The van der Waals surface area contributed by atoms with E-state index in [1.807, 2.05) is 21.1 Å². The highest BCUT2D eigenvalue weighted by atomic mass is 16.7. The zero-order valence-corrected chi connectivity index (χ0v) is 36.8. The van der Waals surface area contributed by atoms with E-state index in [0.29, 0.717) is 23.9 Å². The fourth-order valence-corrected chi connectivity index (χ4v) is 6.04. The molecule has 0 aromatic heterocycles. The fraction of sp³-hybridized carbons (Fsp3) is 0.809. The summed E-state index contributed by atoms with van der Waals surface area (Å²) in [5, 5.41) is 9.63. The van der Waals surface area contributed by atoms with Gasteiger partial charge in [0.1, 0.15) is 13.2 Å². The standard InChI is InChI=1S/C47H85NO8/c1-6-8-10-12-14-16-18-20-21-22-23-24-26-28-30-32-34-36-38-45(50)56-43(42-55-47(46(51)52)53-40-39-48(3,4)5)41-54-44(49)37-35-33-31-29-27-25-19-17-15-13-11-9-7-2/h16-19,21-22,43,47H,6-15,20,23-42H2,1-5H3/p+1/b18-16-,19-17-,22-21-. The van der Waals surface area contributed by atoms with Crippen LogP contribution in [0.2, 0.25) is 0 Å². The van der Waals surface area contributed by atoms with Crippen molar-refractivity contribution in [2.24, 2.45) is 0 Å². The minimum absolute atomic E-state index is 0.184. The van der Waals surface area contributed by atoms with E-state index in [2.05, 4.69) is 50.3 Å². The molecule has 9 nitrogen and oxygen atoms in total. The number of hydrogen-bond donors (Lipinski definition) is 1. The number of carboxylic acid groups (broad SMARTS) is 1. The summed E-state index contributed by atoms with van der Waals surface area (Å²) in [4.78, 5) is 37.1. The van der Waals surface area contributed by atoms with Gasteiger partial charge in [-0.1, -0.05) is 140 Å². The number of nitrogens with zero attached hydrogens (tertiary/aromatic N) is 1. The Labute approximate surface area is 343 Å². The normalized spacial score (nSPS) is 13.2. The number of esters is 2. The molecule has 0 aliphatic carbocycles. The number of carboxylic acids is 1. The van der Waals surface area contributed by atoms with Crippen LogP contribution in [0.4, 0.5) is 0 Å². The molecule has 56 heavy (non-hydrogen) atoms. The van der Waals surface area contributed by atoms with Crippen molar-refractivity contribution in [1.82, 2.24) is 0 Å². The first kappa shape index (κ1) is 53.5. The molecule has 1 N–H and O–H groups in total. The number of unbranched alkanes of at least 4 members (excludes halogenated alkanes) is 20. The van der Waals surface area contributed by atoms with Crippen molar-refractivity contribution in [3.8, 4) is 0 Å². The van der Waals surface area contributed by atoms with E-state index in [-0.39, 0.29) is 32.2 Å². The quantitative estimate of drug-likeness (QED) is 0.0214. The van der Waals surface area contributed by atoms with Crippen LogP contribution >= 0.6 is 0 Å². The van der Waals surface area contributed by atoms with Crippen LogP contribution in [-0.4, -0.2) is 87.4 Å². The van der Waals surface area contributed by atoms with Gasteiger partial charge < -0.3 is 28.5 Å². The predicted molar refractivity (Wildman–Crippen MR) is 230 cm³/mol. The number of carbonyl (C=O) groups is 3. The molecule has 0 saturated carbocycles. The van der Waals surface area contributed by atoms with Gasteiger partial charge in [-0.25, -0.2) is 4.79 Å². The molecule has 326 valence electrons. The van der Waals surface area contributed by atoms with Crippen LogP contribution in [-0.2, 0) is 33.3 Å². The van der Waals surface area contributed by atoms with E-state index in [4.69, 9.17) is 18.9 Å². The Kier molecular flexibility index (Phi) is 37.6. The zero-order valence-electron chi connectivity index (χ0n) is 36.8. The van der Waals surface area contributed by atoms with Crippen LogP contribution in [0.15, 0.2) is 36.5 Å². The molecular formula is C47H86NO8+. The Morgan fingerprint density at radius 3 is 1.43 bits per heavy atom. The molecule has 0 aliphatic rings. The van der Waals surface area contributed by atoms with Crippen LogP contribution in [0.25, 0.3) is 0 Å². The van der Waals surface area contributed by atoms with Gasteiger partial charge in [-0.15, -0.1) is 0 Å². The Bertz CT molecular complexity index is 1020. The Hall–Kier alpha value is -2.49. The predicted octanol–water partition coefficient (Wildman–Crippen LogP) is 11.8. The molecule has 0 bridgehead atoms. The number of carbonyl (C=O) groups excluding carboxylic acids is 2. The van der Waals surface area contributed by atoms with Crippen molar-refractivity contribution in [2.75, 3.05) is 47.5 Å². The average molecular weight is 793 g/mol. The number of allylic oxidation sites excluding steroid dienone is 6. The second-order valence-corrected chi connectivity index (χ2v) is 16.4. The summed E-state index contributed by atoms with van der Waals surface area (Å²) in [6.07, 6.45) is 40.5. The molecule has 0 aliphatic heterocycles. The lowest BCUT2D eigenvalue weighted by Crippen LogP contribution is -2.40. The van der Waals surface area contributed by atoms with E-state index in [9.17, 15) is 19.5 Å². The van der Waals surface area contributed by atoms with Crippen molar-refractivity contribution < 1.29 is 42.9 Å². The van der Waals surface area contributed by atoms with Gasteiger partial charge in [0.15, 0.2) is 6.10 Å². The smallest absolute Gasteiger partial charge is 0.361 e. The molecule has 0 saturated heterocycles. The SMILES string of the molecule is CCCCCC/C=C\C/C=C\CCCCCCCCCC(=O)OC(COC(=O)CCCCCCC/C=C\CCCCCC)COC(OCC[N+](C)(C)C)C(=O)O. The number of rotatable bonds is 41. The fourth-order valence-electron chi connectivity index (χ4n) is 6.04. The first-order chi connectivity index (χ1) is 27.1. The van der Waals surface area contributed by atoms with Gasteiger partial charge in [0.2, 0.25) is 0 Å². The van der Waals surface area contributed by atoms with Crippen molar-refractivity contribution in [1.29, 1.82) is 0 Å². The molecule has 0 aromatic rings. The van der Waals surface area contributed by atoms with E-state index in [1.165, 1.54) is 83.5 Å². The highest BCUT2D eigenvalue weighted by Crippen LogP contribution is 2.13. The number of aliphatic carboxylic acids is 1. The van der Waals surface area contributed by atoms with Crippen LogP contribution in [0, 0.1) is 0 Å². The minimum atomic E-state index is -1.51.